The number of ether oxygens (including phenoxy) is 3. The van der Waals surface area contributed by atoms with Gasteiger partial charge >= 0.3 is 6.36 Å². The third kappa shape index (κ3) is 9.53. The van der Waals surface area contributed by atoms with Crippen LogP contribution in [0, 0.1) is 0 Å². The molecule has 3 rings (SSSR count). The van der Waals surface area contributed by atoms with Gasteiger partial charge in [-0.3, -0.25) is 14.9 Å². The van der Waals surface area contributed by atoms with E-state index in [1.807, 2.05) is 30.3 Å². The topological polar surface area (TPSA) is 124 Å². The maximum absolute atomic E-state index is 13.1. The molecule has 3 aromatic rings. The summed E-state index contributed by atoms with van der Waals surface area (Å²) in [7, 11) is 3.04. The van der Waals surface area contributed by atoms with Gasteiger partial charge in [0.1, 0.15) is 11.8 Å². The number of benzene rings is 3. The Morgan fingerprint density at radius 2 is 1.55 bits per heavy atom. The summed E-state index contributed by atoms with van der Waals surface area (Å²) in [6.07, 6.45) is -4.78. The van der Waals surface area contributed by atoms with Crippen molar-refractivity contribution in [1.29, 1.82) is 0 Å². The zero-order chi connectivity index (χ0) is 29.1. The van der Waals surface area contributed by atoms with Gasteiger partial charge in [0.15, 0.2) is 17.5 Å². The Morgan fingerprint density at radius 3 is 2.17 bits per heavy atom. The number of hydrogen-bond donors (Lipinski definition) is 3. The van der Waals surface area contributed by atoms with E-state index in [0.29, 0.717) is 17.1 Å². The summed E-state index contributed by atoms with van der Waals surface area (Å²) in [5.74, 6) is -0.586. The van der Waals surface area contributed by atoms with Gasteiger partial charge < -0.3 is 25.3 Å². The summed E-state index contributed by atoms with van der Waals surface area (Å²) in [4.78, 5) is 29.8. The lowest BCUT2D eigenvalue weighted by Crippen LogP contribution is -2.42. The molecule has 0 radical (unpaired) electrons. The Bertz CT molecular complexity index is 1320. The molecule has 0 aliphatic rings. The number of rotatable bonds is 11. The Kier molecular flexibility index (Phi) is 10.3. The van der Waals surface area contributed by atoms with Gasteiger partial charge in [0.25, 0.3) is 0 Å². The van der Waals surface area contributed by atoms with Crippen LogP contribution in [0.15, 0.2) is 77.8 Å². The number of methoxy groups -OCH3 is 2. The average Bonchev–Trinajstić information content (AvgIpc) is 2.92. The van der Waals surface area contributed by atoms with E-state index in [4.69, 9.17) is 15.2 Å². The van der Waals surface area contributed by atoms with Crippen molar-refractivity contribution >= 4 is 17.8 Å². The van der Waals surface area contributed by atoms with Crippen LogP contribution < -0.4 is 30.6 Å². The highest BCUT2D eigenvalue weighted by atomic mass is 19.4. The van der Waals surface area contributed by atoms with Crippen molar-refractivity contribution in [2.45, 2.75) is 31.8 Å². The minimum atomic E-state index is -4.81. The van der Waals surface area contributed by atoms with Crippen molar-refractivity contribution in [2.24, 2.45) is 10.7 Å². The minimum absolute atomic E-state index is 0.181. The predicted octanol–water partition coefficient (Wildman–Crippen LogP) is 3.50. The van der Waals surface area contributed by atoms with Crippen LogP contribution >= 0.6 is 0 Å². The summed E-state index contributed by atoms with van der Waals surface area (Å²) in [5, 5.41) is 5.25. The van der Waals surface area contributed by atoms with Crippen LogP contribution in [0.1, 0.15) is 16.7 Å². The van der Waals surface area contributed by atoms with Crippen molar-refractivity contribution in [3.63, 3.8) is 0 Å². The first kappa shape index (κ1) is 29.8. The van der Waals surface area contributed by atoms with Crippen molar-refractivity contribution in [3.8, 4) is 17.2 Å². The molecule has 0 saturated carbocycles. The number of hydrogen-bond acceptors (Lipinski definition) is 6. The quantitative estimate of drug-likeness (QED) is 0.245. The number of alkyl halides is 3. The standard InChI is InChI=1S/C28H29F3N4O5/c1-38-23-13-10-20(15-24(23)39-2)17-33-26(37)22(14-18-6-4-3-5-7-18)34-27(32)35-25(36)16-19-8-11-21(12-9-19)40-28(29,30)31/h3-13,15,22H,14,16-17H2,1-2H3,(H,33,37)(H3,32,34,35,36)/t22-/m1/s1. The molecule has 0 fully saturated rings. The van der Waals surface area contributed by atoms with E-state index in [1.165, 1.54) is 26.4 Å². The van der Waals surface area contributed by atoms with Gasteiger partial charge in [0.05, 0.1) is 20.6 Å². The summed E-state index contributed by atoms with van der Waals surface area (Å²) in [6.45, 7) is 0.181. The highest BCUT2D eigenvalue weighted by Gasteiger charge is 2.31. The zero-order valence-corrected chi connectivity index (χ0v) is 21.8. The van der Waals surface area contributed by atoms with Crippen molar-refractivity contribution in [1.82, 2.24) is 10.6 Å². The fraction of sp³-hybridized carbons (Fsp3) is 0.250. The van der Waals surface area contributed by atoms with Crippen molar-refractivity contribution < 1.29 is 37.0 Å². The normalized spacial score (nSPS) is 12.3. The molecular formula is C28H29F3N4O5. The third-order valence-corrected chi connectivity index (χ3v) is 5.57. The molecule has 0 aliphatic heterocycles. The fourth-order valence-corrected chi connectivity index (χ4v) is 3.71. The number of nitrogens with two attached hydrogens (primary N) is 1. The molecule has 212 valence electrons. The zero-order valence-electron chi connectivity index (χ0n) is 21.8. The SMILES string of the molecule is COc1ccc(CNC(=O)[C@@H](Cc2ccccc2)N=C(N)NC(=O)Cc2ccc(OC(F)(F)F)cc2)cc1OC. The monoisotopic (exact) mass is 558 g/mol. The Morgan fingerprint density at radius 1 is 0.900 bits per heavy atom. The van der Waals surface area contributed by atoms with Gasteiger partial charge in [-0.15, -0.1) is 13.2 Å². The minimum Gasteiger partial charge on any atom is -0.493 e. The molecule has 0 heterocycles. The van der Waals surface area contributed by atoms with Crippen molar-refractivity contribution in [3.05, 3.63) is 89.5 Å². The molecule has 0 bridgehead atoms. The van der Waals surface area contributed by atoms with E-state index in [1.54, 1.807) is 18.2 Å². The van der Waals surface area contributed by atoms with Crippen LogP contribution in [0.25, 0.3) is 0 Å². The maximum atomic E-state index is 13.1. The first-order valence-electron chi connectivity index (χ1n) is 12.1. The van der Waals surface area contributed by atoms with Crippen molar-refractivity contribution in [2.75, 3.05) is 14.2 Å². The van der Waals surface area contributed by atoms with E-state index in [-0.39, 0.29) is 25.3 Å². The molecule has 3 aromatic carbocycles. The molecule has 0 spiro atoms. The van der Waals surface area contributed by atoms with Gasteiger partial charge in [-0.1, -0.05) is 48.5 Å². The molecule has 0 aromatic heterocycles. The summed E-state index contributed by atoms with van der Waals surface area (Å²) in [6, 6.07) is 18.3. The second kappa shape index (κ2) is 13.9. The molecule has 2 amide bonds. The van der Waals surface area contributed by atoms with Gasteiger partial charge in [-0.05, 0) is 41.0 Å². The average molecular weight is 559 g/mol. The highest BCUT2D eigenvalue weighted by Crippen LogP contribution is 2.27. The van der Waals surface area contributed by atoms with E-state index >= 15 is 0 Å². The second-order valence-electron chi connectivity index (χ2n) is 8.54. The number of carbonyl (C=O) groups is 2. The van der Waals surface area contributed by atoms with Crippen LogP contribution in [0.3, 0.4) is 0 Å². The van der Waals surface area contributed by atoms with Gasteiger partial charge in [0, 0.05) is 13.0 Å². The number of amides is 2. The lowest BCUT2D eigenvalue weighted by molar-refractivity contribution is -0.274. The number of nitrogens with one attached hydrogen (secondary N) is 2. The van der Waals surface area contributed by atoms with Gasteiger partial charge in [-0.2, -0.15) is 0 Å². The third-order valence-electron chi connectivity index (χ3n) is 5.57. The highest BCUT2D eigenvalue weighted by molar-refractivity contribution is 5.98. The van der Waals surface area contributed by atoms with Gasteiger partial charge in [0.2, 0.25) is 11.8 Å². The summed E-state index contributed by atoms with van der Waals surface area (Å²) in [5.41, 5.74) is 7.97. The van der Waals surface area contributed by atoms with Crippen LogP contribution in [0.5, 0.6) is 17.2 Å². The second-order valence-corrected chi connectivity index (χ2v) is 8.54. The molecular weight excluding hydrogens is 529 g/mol. The van der Waals surface area contributed by atoms with Gasteiger partial charge in [-0.25, -0.2) is 4.99 Å². The molecule has 1 atom stereocenters. The lowest BCUT2D eigenvalue weighted by atomic mass is 10.1. The molecule has 12 heteroatoms. The molecule has 4 N–H and O–H groups in total. The van der Waals surface area contributed by atoms with E-state index in [9.17, 15) is 22.8 Å². The first-order chi connectivity index (χ1) is 19.1. The fourth-order valence-electron chi connectivity index (χ4n) is 3.71. The largest absolute Gasteiger partial charge is 0.573 e. The van der Waals surface area contributed by atoms with Crippen LogP contribution in [-0.4, -0.2) is 44.4 Å². The molecule has 0 saturated heterocycles. The van der Waals surface area contributed by atoms with Crippen LogP contribution in [0.2, 0.25) is 0 Å². The number of carbonyl (C=O) groups excluding carboxylic acids is 2. The molecule has 40 heavy (non-hydrogen) atoms. The smallest absolute Gasteiger partial charge is 0.493 e. The summed E-state index contributed by atoms with van der Waals surface area (Å²) < 4.78 is 51.4. The Balaban J connectivity index is 1.66. The maximum Gasteiger partial charge on any atom is 0.573 e. The lowest BCUT2D eigenvalue weighted by Gasteiger charge is -2.16. The number of guanidine groups is 1. The van der Waals surface area contributed by atoms with Crippen LogP contribution in [0.4, 0.5) is 13.2 Å². The van der Waals surface area contributed by atoms with E-state index in [2.05, 4.69) is 20.4 Å². The number of nitrogens with zero attached hydrogens (tertiary/aromatic N) is 1. The predicted molar refractivity (Wildman–Crippen MR) is 142 cm³/mol. The number of halogens is 3. The van der Waals surface area contributed by atoms with E-state index < -0.39 is 30.0 Å². The van der Waals surface area contributed by atoms with E-state index in [0.717, 1.165) is 23.3 Å². The molecule has 0 unspecified atom stereocenters. The summed E-state index contributed by atoms with van der Waals surface area (Å²) >= 11 is 0. The molecule has 9 nitrogen and oxygen atoms in total. The number of aliphatic imine (C=N–C) groups is 1. The Labute approximate surface area is 229 Å². The first-order valence-corrected chi connectivity index (χ1v) is 12.1. The molecule has 0 aliphatic carbocycles. The Hall–Kier alpha value is -4.74. The van der Waals surface area contributed by atoms with Crippen LogP contribution in [-0.2, 0) is 29.0 Å².